The van der Waals surface area contributed by atoms with Gasteiger partial charge in [0.25, 0.3) is 5.91 Å². The summed E-state index contributed by atoms with van der Waals surface area (Å²) in [4.78, 5) is 21.5. The predicted molar refractivity (Wildman–Crippen MR) is 122 cm³/mol. The molecule has 1 aliphatic rings. The number of pyridine rings is 1. The summed E-state index contributed by atoms with van der Waals surface area (Å²) in [5.41, 5.74) is 10.9. The number of nitrogens with two attached hydrogens (primary N) is 1. The quantitative estimate of drug-likeness (QED) is 0.629. The molecule has 0 spiro atoms. The van der Waals surface area contributed by atoms with E-state index in [2.05, 4.69) is 36.4 Å². The van der Waals surface area contributed by atoms with Crippen LogP contribution in [0.1, 0.15) is 66.5 Å². The second-order valence-electron chi connectivity index (χ2n) is 8.54. The van der Waals surface area contributed by atoms with Gasteiger partial charge in [0.05, 0.1) is 5.69 Å². The molecule has 5 heteroatoms. The van der Waals surface area contributed by atoms with Crippen molar-refractivity contribution in [1.29, 1.82) is 0 Å². The van der Waals surface area contributed by atoms with Crippen LogP contribution in [0.5, 0.6) is 0 Å². The molecule has 0 radical (unpaired) electrons. The number of benzene rings is 1. The van der Waals surface area contributed by atoms with Gasteiger partial charge < -0.3 is 10.6 Å². The van der Waals surface area contributed by atoms with Crippen LogP contribution in [0.15, 0.2) is 36.4 Å². The van der Waals surface area contributed by atoms with Crippen LogP contribution in [0.2, 0.25) is 0 Å². The molecule has 1 amide bonds. The van der Waals surface area contributed by atoms with E-state index in [0.29, 0.717) is 16.5 Å². The van der Waals surface area contributed by atoms with Gasteiger partial charge in [-0.3, -0.25) is 4.79 Å². The van der Waals surface area contributed by atoms with Crippen LogP contribution >= 0.6 is 11.3 Å². The molecule has 0 bridgehead atoms. The Morgan fingerprint density at radius 1 is 1.17 bits per heavy atom. The maximum atomic E-state index is 13.2. The third-order valence-corrected chi connectivity index (χ3v) is 7.00. The predicted octanol–water partition coefficient (Wildman–Crippen LogP) is 5.41. The molecule has 1 aromatic carbocycles. The van der Waals surface area contributed by atoms with E-state index in [-0.39, 0.29) is 18.0 Å². The molecule has 4 nitrogen and oxygen atoms in total. The van der Waals surface area contributed by atoms with E-state index in [1.165, 1.54) is 22.5 Å². The van der Waals surface area contributed by atoms with Gasteiger partial charge in [-0.2, -0.15) is 0 Å². The number of hydrogen-bond donors (Lipinski definition) is 1. The van der Waals surface area contributed by atoms with Crippen molar-refractivity contribution < 1.29 is 4.79 Å². The number of hydrogen-bond acceptors (Lipinski definition) is 4. The summed E-state index contributed by atoms with van der Waals surface area (Å²) in [6.45, 7) is 8.17. The number of rotatable bonds is 4. The van der Waals surface area contributed by atoms with Crippen molar-refractivity contribution in [1.82, 2.24) is 9.88 Å². The fourth-order valence-corrected chi connectivity index (χ4v) is 5.58. The molecule has 1 aliphatic carbocycles. The van der Waals surface area contributed by atoms with E-state index in [0.717, 1.165) is 35.2 Å². The normalized spacial score (nSPS) is 16.4. The number of aromatic nitrogens is 1. The highest BCUT2D eigenvalue weighted by Gasteiger charge is 2.28. The van der Waals surface area contributed by atoms with Crippen molar-refractivity contribution in [2.24, 2.45) is 0 Å². The van der Waals surface area contributed by atoms with Gasteiger partial charge >= 0.3 is 0 Å². The van der Waals surface area contributed by atoms with Crippen molar-refractivity contribution in [3.63, 3.8) is 0 Å². The van der Waals surface area contributed by atoms with Crippen molar-refractivity contribution in [2.75, 3.05) is 5.73 Å². The Labute approximate surface area is 176 Å². The highest BCUT2D eigenvalue weighted by molar-refractivity contribution is 7.21. The highest BCUT2D eigenvalue weighted by atomic mass is 32.1. The maximum absolute atomic E-state index is 13.2. The zero-order valence-electron chi connectivity index (χ0n) is 17.6. The number of anilines is 1. The van der Waals surface area contributed by atoms with Gasteiger partial charge in [0.15, 0.2) is 0 Å². The highest BCUT2D eigenvalue weighted by Crippen LogP contribution is 2.39. The lowest BCUT2D eigenvalue weighted by Gasteiger charge is -2.30. The lowest BCUT2D eigenvalue weighted by molar-refractivity contribution is 0.0650. The minimum Gasteiger partial charge on any atom is -0.397 e. The minimum atomic E-state index is 0.00985. The van der Waals surface area contributed by atoms with Crippen LogP contribution in [-0.2, 0) is 12.8 Å². The molecular weight excluding hydrogens is 378 g/mol. The Balaban J connectivity index is 1.71. The molecule has 152 valence electrons. The Bertz CT molecular complexity index is 1030. The third-order valence-electron chi connectivity index (χ3n) is 5.90. The third kappa shape index (κ3) is 3.64. The number of nitrogen functional groups attached to an aromatic ring is 1. The average Bonchev–Trinajstić information content (AvgIpc) is 3.01. The van der Waals surface area contributed by atoms with Crippen LogP contribution in [0.25, 0.3) is 10.2 Å². The summed E-state index contributed by atoms with van der Waals surface area (Å²) in [5, 5.41) is 0.929. The van der Waals surface area contributed by atoms with Gasteiger partial charge in [-0.05, 0) is 70.1 Å². The van der Waals surface area contributed by atoms with Crippen LogP contribution in [0.4, 0.5) is 5.69 Å². The fourth-order valence-electron chi connectivity index (χ4n) is 4.54. The number of nitrogens with zero attached hydrogens (tertiary/aromatic N) is 2. The number of carbonyl (C=O) groups is 1. The Kier molecular flexibility index (Phi) is 5.34. The number of amides is 1. The number of fused-ring (bicyclic) bond motifs is 2. The van der Waals surface area contributed by atoms with Gasteiger partial charge in [-0.15, -0.1) is 11.3 Å². The van der Waals surface area contributed by atoms with Gasteiger partial charge in [-0.1, -0.05) is 30.3 Å². The molecule has 2 N–H and O–H groups in total. The first-order valence-corrected chi connectivity index (χ1v) is 11.3. The van der Waals surface area contributed by atoms with E-state index in [4.69, 9.17) is 10.7 Å². The largest absolute Gasteiger partial charge is 0.397 e. The van der Waals surface area contributed by atoms with E-state index in [9.17, 15) is 4.79 Å². The summed E-state index contributed by atoms with van der Waals surface area (Å²) in [6, 6.07) is 13.1. The first kappa shape index (κ1) is 19.9. The summed E-state index contributed by atoms with van der Waals surface area (Å²) in [7, 11) is 0. The summed E-state index contributed by atoms with van der Waals surface area (Å²) in [6.07, 6.45) is 3.05. The molecule has 1 atom stereocenters. The molecule has 0 saturated carbocycles. The lowest BCUT2D eigenvalue weighted by Crippen LogP contribution is -2.41. The topological polar surface area (TPSA) is 59.2 Å². The van der Waals surface area contributed by atoms with Gasteiger partial charge in [0, 0.05) is 23.2 Å². The van der Waals surface area contributed by atoms with E-state index in [1.54, 1.807) is 0 Å². The van der Waals surface area contributed by atoms with Crippen LogP contribution in [-0.4, -0.2) is 27.9 Å². The Morgan fingerprint density at radius 2 is 1.86 bits per heavy atom. The van der Waals surface area contributed by atoms with Gasteiger partial charge in [-0.25, -0.2) is 4.98 Å². The van der Waals surface area contributed by atoms with Crippen molar-refractivity contribution in [2.45, 2.75) is 65.0 Å². The summed E-state index contributed by atoms with van der Waals surface area (Å²) in [5.74, 6) is 0.525. The Morgan fingerprint density at radius 3 is 2.52 bits per heavy atom. The monoisotopic (exact) mass is 407 g/mol. The minimum absolute atomic E-state index is 0.00985. The van der Waals surface area contributed by atoms with Gasteiger partial charge in [0.1, 0.15) is 9.71 Å². The van der Waals surface area contributed by atoms with Crippen molar-refractivity contribution >= 4 is 33.1 Å². The first-order chi connectivity index (χ1) is 13.9. The number of carbonyl (C=O) groups excluding carboxylic acids is 1. The summed E-state index contributed by atoms with van der Waals surface area (Å²) < 4.78 is 0. The molecule has 0 saturated heterocycles. The zero-order chi connectivity index (χ0) is 20.7. The standard InChI is InChI=1S/C24H29N3OS/c1-14(2)27(15(3)4)24(28)22-21(25)19-13-18-12-17(16-8-6-5-7-9-16)10-11-20(18)26-23(19)29-22/h5-9,13-15,17H,10-12,25H2,1-4H3. The molecule has 2 aromatic heterocycles. The van der Waals surface area contributed by atoms with Crippen LogP contribution in [0.3, 0.4) is 0 Å². The fraction of sp³-hybridized carbons (Fsp3) is 0.417. The van der Waals surface area contributed by atoms with Crippen LogP contribution in [0, 0.1) is 0 Å². The van der Waals surface area contributed by atoms with Crippen molar-refractivity contribution in [3.05, 3.63) is 58.1 Å². The average molecular weight is 408 g/mol. The molecule has 29 heavy (non-hydrogen) atoms. The smallest absolute Gasteiger partial charge is 0.266 e. The molecule has 2 heterocycles. The van der Waals surface area contributed by atoms with Gasteiger partial charge in [0.2, 0.25) is 0 Å². The zero-order valence-corrected chi connectivity index (χ0v) is 18.4. The van der Waals surface area contributed by atoms with Crippen molar-refractivity contribution in [3.8, 4) is 0 Å². The van der Waals surface area contributed by atoms with E-state index < -0.39 is 0 Å². The second kappa shape index (κ2) is 7.79. The summed E-state index contributed by atoms with van der Waals surface area (Å²) >= 11 is 1.44. The molecule has 0 aliphatic heterocycles. The van der Waals surface area contributed by atoms with Crippen LogP contribution < -0.4 is 5.73 Å². The number of thiophene rings is 1. The first-order valence-electron chi connectivity index (χ1n) is 10.4. The van der Waals surface area contributed by atoms with E-state index in [1.807, 2.05) is 32.6 Å². The maximum Gasteiger partial charge on any atom is 0.266 e. The second-order valence-corrected chi connectivity index (χ2v) is 9.54. The molecule has 3 aromatic rings. The molecular formula is C24H29N3OS. The molecule has 1 unspecified atom stereocenters. The Hall–Kier alpha value is -2.40. The molecule has 0 fully saturated rings. The molecule has 4 rings (SSSR count). The lowest BCUT2D eigenvalue weighted by atomic mass is 9.82. The van der Waals surface area contributed by atoms with E-state index >= 15 is 0 Å². The number of aryl methyl sites for hydroxylation is 1. The SMILES string of the molecule is CC(C)N(C(=O)c1sc2nc3c(cc2c1N)CC(c1ccccc1)CC3)C(C)C.